The summed E-state index contributed by atoms with van der Waals surface area (Å²) in [6, 6.07) is 0. The summed E-state index contributed by atoms with van der Waals surface area (Å²) in [4.78, 5) is 0. The van der Waals surface area contributed by atoms with Gasteiger partial charge in [-0.1, -0.05) is 0 Å². The van der Waals surface area contributed by atoms with Crippen molar-refractivity contribution < 1.29 is 87.9 Å². The second kappa shape index (κ2) is 7.56. The van der Waals surface area contributed by atoms with E-state index < -0.39 is 64.6 Å². The molecule has 0 N–H and O–H groups in total. The second-order valence-electron chi connectivity index (χ2n) is 7.67. The predicted octanol–water partition coefficient (Wildman–Crippen LogP) is 6.34. The van der Waals surface area contributed by atoms with E-state index in [-0.39, 0.29) is 0 Å². The number of nitrogens with zero attached hydrogens (tertiary/aromatic N) is 1. The first-order chi connectivity index (χ1) is 13.7. The topological polar surface area (TPSA) is 0 Å². The Morgan fingerprint density at radius 2 is 0.576 bits per heavy atom. The minimum atomic E-state index is -8.88. The molecule has 0 heterocycles. The summed E-state index contributed by atoms with van der Waals surface area (Å²) in [7, 11) is 1.59. The highest BCUT2D eigenvalue weighted by Gasteiger charge is 2.96. The number of hydrogen-bond donors (Lipinski definition) is 0. The normalized spacial score (nSPS) is 16.9. The molecule has 0 amide bonds. The van der Waals surface area contributed by atoms with Gasteiger partial charge in [0.1, 0.15) is 6.54 Å². The average Bonchev–Trinajstić information content (AvgIpc) is 2.49. The van der Waals surface area contributed by atoms with Crippen molar-refractivity contribution in [2.24, 2.45) is 0 Å². The van der Waals surface area contributed by atoms with Crippen LogP contribution in [0, 0.1) is 0 Å². The van der Waals surface area contributed by atoms with Gasteiger partial charge < -0.3 is 4.48 Å². The fourth-order valence-corrected chi connectivity index (χ4v) is 2.09. The van der Waals surface area contributed by atoms with Crippen molar-refractivity contribution in [3.8, 4) is 0 Å². The highest BCUT2D eigenvalue weighted by molar-refractivity contribution is 5.16. The minimum Gasteiger partial charge on any atom is -0.326 e. The van der Waals surface area contributed by atoms with Gasteiger partial charge in [0.15, 0.2) is 0 Å². The Morgan fingerprint density at radius 1 is 0.364 bits per heavy atom. The molecule has 0 radical (unpaired) electrons. The van der Waals surface area contributed by atoms with Crippen molar-refractivity contribution in [3.05, 3.63) is 0 Å². The summed E-state index contributed by atoms with van der Waals surface area (Å²) in [6.07, 6.45) is -7.88. The van der Waals surface area contributed by atoms with E-state index in [0.717, 1.165) is 0 Å². The van der Waals surface area contributed by atoms with Crippen LogP contribution in [0.3, 0.4) is 0 Å². The van der Waals surface area contributed by atoms with Crippen LogP contribution in [0.2, 0.25) is 0 Å². The van der Waals surface area contributed by atoms with Crippen molar-refractivity contribution in [2.45, 2.75) is 53.6 Å². The van der Waals surface area contributed by atoms with Gasteiger partial charge in [-0.25, -0.2) is 0 Å². The molecular weight excluding hydrogens is 531 g/mol. The highest BCUT2D eigenvalue weighted by Crippen LogP contribution is 2.65. The highest BCUT2D eigenvalue weighted by atomic mass is 19.4. The zero-order valence-corrected chi connectivity index (χ0v) is 15.8. The maximum absolute atomic E-state index is 13.6. The zero-order chi connectivity index (χ0) is 27.7. The largest absolute Gasteiger partial charge is 0.460 e. The van der Waals surface area contributed by atoms with Gasteiger partial charge >= 0.3 is 53.6 Å². The van der Waals surface area contributed by atoms with Crippen molar-refractivity contribution in [1.82, 2.24) is 0 Å². The third kappa shape index (κ3) is 4.28. The maximum Gasteiger partial charge on any atom is 0.460 e. The van der Waals surface area contributed by atoms with Gasteiger partial charge in [-0.15, -0.1) is 0 Å². The molecule has 0 atom stereocenters. The van der Waals surface area contributed by atoms with Crippen LogP contribution in [0.25, 0.3) is 0 Å². The summed E-state index contributed by atoms with van der Waals surface area (Å²) in [5.41, 5.74) is 0. The summed E-state index contributed by atoms with van der Waals surface area (Å²) < 4.78 is 247. The van der Waals surface area contributed by atoms with Crippen LogP contribution in [0.15, 0.2) is 0 Å². The SMILES string of the molecule is C[N+](C)(C)CC(F)(F)C(F)(F)C(F)(F)C(F)(F)C(F)(F)C(F)(F)C(F)(F)C(F)(F)C(F)(F)F. The van der Waals surface area contributed by atoms with Crippen molar-refractivity contribution in [2.75, 3.05) is 27.7 Å². The summed E-state index contributed by atoms with van der Waals surface area (Å²) >= 11 is 0. The van der Waals surface area contributed by atoms with Gasteiger partial charge in [-0.05, 0) is 0 Å². The molecule has 20 heteroatoms. The smallest absolute Gasteiger partial charge is 0.326 e. The van der Waals surface area contributed by atoms with E-state index in [0.29, 0.717) is 21.1 Å². The van der Waals surface area contributed by atoms with Gasteiger partial charge in [0.25, 0.3) is 0 Å². The van der Waals surface area contributed by atoms with E-state index in [1.54, 1.807) is 0 Å². The lowest BCUT2D eigenvalue weighted by Crippen LogP contribution is -2.76. The number of quaternary nitrogens is 1. The Bertz CT molecular complexity index is 710. The molecule has 33 heavy (non-hydrogen) atoms. The summed E-state index contributed by atoms with van der Waals surface area (Å²) in [5, 5.41) is 0. The van der Waals surface area contributed by atoms with Crippen LogP contribution in [-0.2, 0) is 0 Å². The lowest BCUT2D eigenvalue weighted by Gasteiger charge is -2.44. The molecule has 0 fully saturated rings. The van der Waals surface area contributed by atoms with E-state index >= 15 is 0 Å². The quantitative estimate of drug-likeness (QED) is 0.236. The summed E-state index contributed by atoms with van der Waals surface area (Å²) in [6.45, 7) is -2.59. The van der Waals surface area contributed by atoms with Gasteiger partial charge in [-0.2, -0.15) is 83.4 Å². The minimum absolute atomic E-state index is 0.531. The standard InChI is InChI=1S/C13H11F19N/c1-33(2,3)4-5(14,15)6(16,17)7(18,19)8(20,21)9(22,23)10(24,25)11(26,27)12(28,29)13(30,31)32/h4H2,1-3H3/q+1. The van der Waals surface area contributed by atoms with E-state index in [9.17, 15) is 83.4 Å². The van der Waals surface area contributed by atoms with Gasteiger partial charge in [0.05, 0.1) is 21.1 Å². The van der Waals surface area contributed by atoms with Gasteiger partial charge in [0.2, 0.25) is 0 Å². The monoisotopic (exact) mass is 542 g/mol. The van der Waals surface area contributed by atoms with E-state index in [1.807, 2.05) is 0 Å². The third-order valence-electron chi connectivity index (χ3n) is 3.85. The Morgan fingerprint density at radius 3 is 0.788 bits per heavy atom. The third-order valence-corrected chi connectivity index (χ3v) is 3.85. The van der Waals surface area contributed by atoms with E-state index in [4.69, 9.17) is 0 Å². The fourth-order valence-electron chi connectivity index (χ4n) is 2.09. The molecule has 0 aliphatic rings. The molecule has 0 saturated heterocycles. The molecule has 0 unspecified atom stereocenters. The molecule has 0 aliphatic heterocycles. The number of rotatable bonds is 9. The molecule has 1 nitrogen and oxygen atoms in total. The average molecular weight is 542 g/mol. The molecule has 0 saturated carbocycles. The van der Waals surface area contributed by atoms with Crippen LogP contribution < -0.4 is 0 Å². The molecule has 0 spiro atoms. The number of halogens is 19. The lowest BCUT2D eigenvalue weighted by atomic mass is 9.87. The van der Waals surface area contributed by atoms with Crippen molar-refractivity contribution >= 4 is 0 Å². The van der Waals surface area contributed by atoms with Crippen LogP contribution >= 0.6 is 0 Å². The van der Waals surface area contributed by atoms with Crippen molar-refractivity contribution in [3.63, 3.8) is 0 Å². The fraction of sp³-hybridized carbons (Fsp3) is 1.00. The number of hydrogen-bond acceptors (Lipinski definition) is 0. The maximum atomic E-state index is 13.6. The summed E-state index contributed by atoms with van der Waals surface area (Å²) in [5.74, 6) is -66.1. The Hall–Kier alpha value is -1.37. The first kappa shape index (κ1) is 31.6. The van der Waals surface area contributed by atoms with Crippen LogP contribution in [-0.4, -0.2) is 85.7 Å². The van der Waals surface area contributed by atoms with E-state index in [2.05, 4.69) is 0 Å². The van der Waals surface area contributed by atoms with Crippen molar-refractivity contribution in [1.29, 1.82) is 0 Å². The Balaban J connectivity index is 6.89. The molecule has 0 aromatic rings. The first-order valence-electron chi connectivity index (χ1n) is 7.60. The number of alkyl halides is 19. The Labute approximate surface area is 170 Å². The van der Waals surface area contributed by atoms with Gasteiger partial charge in [0, 0.05) is 0 Å². The Kier molecular flexibility index (Phi) is 7.25. The molecule has 0 aromatic heterocycles. The van der Waals surface area contributed by atoms with Gasteiger partial charge in [-0.3, -0.25) is 0 Å². The van der Waals surface area contributed by atoms with Crippen LogP contribution in [0.1, 0.15) is 0 Å². The molecule has 200 valence electrons. The molecule has 0 bridgehead atoms. The molecular formula is C13H11F19N+. The lowest BCUT2D eigenvalue weighted by molar-refractivity contribution is -0.880. The van der Waals surface area contributed by atoms with E-state index in [1.165, 1.54) is 0 Å². The van der Waals surface area contributed by atoms with Crippen LogP contribution in [0.5, 0.6) is 0 Å². The van der Waals surface area contributed by atoms with Crippen LogP contribution in [0.4, 0.5) is 83.4 Å². The first-order valence-corrected chi connectivity index (χ1v) is 7.60. The second-order valence-corrected chi connectivity index (χ2v) is 7.67. The molecule has 0 rings (SSSR count). The zero-order valence-electron chi connectivity index (χ0n) is 15.8. The molecule has 0 aromatic carbocycles. The predicted molar refractivity (Wildman–Crippen MR) is 68.5 cm³/mol. The molecule has 0 aliphatic carbocycles.